The van der Waals surface area contributed by atoms with E-state index in [0.717, 1.165) is 76.0 Å². The number of hydrogen-bond donors (Lipinski definition) is 5. The van der Waals surface area contributed by atoms with Crippen molar-refractivity contribution in [2.45, 2.75) is 57.5 Å². The summed E-state index contributed by atoms with van der Waals surface area (Å²) in [4.78, 5) is 61.7. The number of methoxy groups -OCH3 is 1. The molecule has 0 saturated carbocycles. The van der Waals surface area contributed by atoms with Gasteiger partial charge in [-0.05, 0) is 83.4 Å². The monoisotopic (exact) mass is 986 g/mol. The lowest BCUT2D eigenvalue weighted by Crippen LogP contribution is -2.53. The smallest absolute Gasteiger partial charge is 0.254 e. The van der Waals surface area contributed by atoms with E-state index in [2.05, 4.69) is 90.6 Å². The number of piperidine rings is 2. The molecule has 3 amide bonds. The third kappa shape index (κ3) is 10.8. The maximum absolute atomic E-state index is 15.5. The summed E-state index contributed by atoms with van der Waals surface area (Å²) in [6.45, 7) is 8.13. The van der Waals surface area contributed by atoms with Crippen LogP contribution < -0.4 is 35.6 Å². The van der Waals surface area contributed by atoms with Gasteiger partial charge in [-0.15, -0.1) is 0 Å². The number of carbonyl (C=O) groups is 3. The normalized spacial score (nSPS) is 17.7. The highest BCUT2D eigenvalue weighted by Crippen LogP contribution is 2.38. The Bertz CT molecular complexity index is 2750. The molecule has 5 aromatic rings. The number of nitrogens with zero attached hydrogens (tertiary/aromatic N) is 7. The minimum Gasteiger partial charge on any atom is -0.494 e. The van der Waals surface area contributed by atoms with Crippen LogP contribution >= 0.6 is 15.9 Å². The Labute approximate surface area is 390 Å². The molecule has 0 bridgehead atoms. The second kappa shape index (κ2) is 20.2. The van der Waals surface area contributed by atoms with Crippen molar-refractivity contribution in [2.75, 3.05) is 79.4 Å². The zero-order chi connectivity index (χ0) is 46.5. The lowest BCUT2D eigenvalue weighted by molar-refractivity contribution is -0.134. The maximum Gasteiger partial charge on any atom is 0.254 e. The highest BCUT2D eigenvalue weighted by molar-refractivity contribution is 9.10. The standard InChI is InChI=1S/C45H52BrFN12O6S/c1-4-27-24-35(53-45-50-26-31(46)42(55-45)51-33-9-8-32-40(49-16-15-48-32)41(33)56-66(3,63)64)37(65-2)25-36(27)59-18-13-29(14-19-59)58-22-20-57(21-23-58)17-12-28-6-5-7-30(39(28)47)43(61)52-34-10-11-38(60)54-44(34)62/h5-9,15-16,24-26,29,34,56H,4,10-14,17-23H2,1-3H3,(H,52,61)(H,54,60,62)(H2,50,51,53,55). The highest BCUT2D eigenvalue weighted by Gasteiger charge is 2.31. The quantitative estimate of drug-likeness (QED) is 0.0862. The number of halogens is 2. The topological polar surface area (TPSA) is 216 Å². The number of ether oxygens (including phenoxy) is 1. The lowest BCUT2D eigenvalue weighted by Gasteiger charge is -2.43. The van der Waals surface area contributed by atoms with Crippen molar-refractivity contribution in [1.82, 2.24) is 40.4 Å². The average molecular weight is 988 g/mol. The molecule has 3 fully saturated rings. The molecule has 5 N–H and O–H groups in total. The maximum atomic E-state index is 15.5. The highest BCUT2D eigenvalue weighted by atomic mass is 79.9. The van der Waals surface area contributed by atoms with Gasteiger partial charge < -0.3 is 30.5 Å². The number of piperazine rings is 1. The SMILES string of the molecule is CCc1cc(Nc2ncc(Br)c(Nc3ccc4nccnc4c3NS(C)(=O)=O)n2)c(OC)cc1N1CCC(N2CCN(CCc3cccc(C(=O)NC4CCC(=O)NC4=O)c3F)CC2)CC1. The molecule has 3 aliphatic heterocycles. The molecule has 5 heterocycles. The van der Waals surface area contributed by atoms with E-state index in [1.165, 1.54) is 18.5 Å². The lowest BCUT2D eigenvalue weighted by atomic mass is 9.99. The molecule has 1 atom stereocenters. The molecule has 3 aliphatic rings. The minimum absolute atomic E-state index is 0.109. The third-order valence-electron chi connectivity index (χ3n) is 12.2. The van der Waals surface area contributed by atoms with Crippen molar-refractivity contribution >= 4 is 89.2 Å². The fourth-order valence-corrected chi connectivity index (χ4v) is 9.64. The number of amides is 3. The Balaban J connectivity index is 0.857. The Morgan fingerprint density at radius 1 is 0.955 bits per heavy atom. The van der Waals surface area contributed by atoms with Gasteiger partial charge in [0.05, 0.1) is 46.0 Å². The fourth-order valence-electron chi connectivity index (χ4n) is 8.77. The van der Waals surface area contributed by atoms with E-state index in [-0.39, 0.29) is 30.0 Å². The van der Waals surface area contributed by atoms with E-state index in [0.29, 0.717) is 69.0 Å². The van der Waals surface area contributed by atoms with E-state index < -0.39 is 33.7 Å². The van der Waals surface area contributed by atoms with Crippen LogP contribution in [-0.2, 0) is 32.5 Å². The number of hydrogen-bond acceptors (Lipinski definition) is 15. The molecule has 1 unspecified atom stereocenters. The number of anilines is 6. The van der Waals surface area contributed by atoms with Gasteiger partial charge in [-0.25, -0.2) is 17.8 Å². The van der Waals surface area contributed by atoms with Gasteiger partial charge in [-0.1, -0.05) is 19.1 Å². The number of nitrogens with one attached hydrogen (secondary N) is 5. The molecular formula is C45H52BrFN12O6S. The molecular weight excluding hydrogens is 936 g/mol. The van der Waals surface area contributed by atoms with Gasteiger partial charge in [0.2, 0.25) is 27.8 Å². The zero-order valence-corrected chi connectivity index (χ0v) is 39.3. The first-order chi connectivity index (χ1) is 31.8. The average Bonchev–Trinajstić information content (AvgIpc) is 3.31. The largest absolute Gasteiger partial charge is 0.494 e. The number of carbonyl (C=O) groups excluding carboxylic acids is 3. The summed E-state index contributed by atoms with van der Waals surface area (Å²) >= 11 is 3.53. The summed E-state index contributed by atoms with van der Waals surface area (Å²) in [5.41, 5.74) is 4.88. The van der Waals surface area contributed by atoms with Crippen LogP contribution in [0.3, 0.4) is 0 Å². The van der Waals surface area contributed by atoms with Gasteiger partial charge in [0, 0.05) is 88.6 Å². The van der Waals surface area contributed by atoms with Crippen LogP contribution in [-0.4, -0.2) is 127 Å². The number of sulfonamides is 1. The van der Waals surface area contributed by atoms with E-state index in [4.69, 9.17) is 9.72 Å². The molecule has 18 nitrogen and oxygen atoms in total. The van der Waals surface area contributed by atoms with Crippen LogP contribution in [0.15, 0.2) is 65.5 Å². The van der Waals surface area contributed by atoms with Crippen molar-refractivity contribution in [1.29, 1.82) is 0 Å². The molecule has 66 heavy (non-hydrogen) atoms. The second-order valence-electron chi connectivity index (χ2n) is 16.6. The first-order valence-electron chi connectivity index (χ1n) is 21.9. The summed E-state index contributed by atoms with van der Waals surface area (Å²) < 4.78 is 49.3. The number of benzene rings is 3. The number of aromatic nitrogens is 4. The Hall–Kier alpha value is -6.03. The van der Waals surface area contributed by atoms with Crippen molar-refractivity contribution in [3.8, 4) is 5.75 Å². The molecule has 0 radical (unpaired) electrons. The third-order valence-corrected chi connectivity index (χ3v) is 13.4. The molecule has 3 saturated heterocycles. The molecule has 21 heteroatoms. The van der Waals surface area contributed by atoms with Gasteiger partial charge in [-0.2, -0.15) is 4.98 Å². The Kier molecular flexibility index (Phi) is 14.3. The molecule has 8 rings (SSSR count). The van der Waals surface area contributed by atoms with Crippen molar-refractivity contribution in [3.05, 3.63) is 88.0 Å². The number of rotatable bonds is 15. The summed E-state index contributed by atoms with van der Waals surface area (Å²) in [6.07, 6.45) is 9.28. The van der Waals surface area contributed by atoms with E-state index in [1.807, 2.05) is 0 Å². The van der Waals surface area contributed by atoms with Crippen molar-refractivity contribution < 1.29 is 31.9 Å². The molecule has 0 spiro atoms. The van der Waals surface area contributed by atoms with Crippen LogP contribution in [0.5, 0.6) is 5.75 Å². The van der Waals surface area contributed by atoms with Gasteiger partial charge in [-0.3, -0.25) is 39.3 Å². The summed E-state index contributed by atoms with van der Waals surface area (Å²) in [7, 11) is -2.03. The van der Waals surface area contributed by atoms with E-state index >= 15 is 4.39 Å². The van der Waals surface area contributed by atoms with Crippen LogP contribution in [0.2, 0.25) is 0 Å². The van der Waals surface area contributed by atoms with E-state index in [9.17, 15) is 22.8 Å². The zero-order valence-electron chi connectivity index (χ0n) is 36.9. The van der Waals surface area contributed by atoms with Crippen molar-refractivity contribution in [2.24, 2.45) is 0 Å². The second-order valence-corrected chi connectivity index (χ2v) is 19.2. The minimum atomic E-state index is -3.66. The van der Waals surface area contributed by atoms with Crippen LogP contribution in [0.1, 0.15) is 54.1 Å². The fraction of sp³-hybridized carbons (Fsp3) is 0.400. The predicted octanol–water partition coefficient (Wildman–Crippen LogP) is 5.12. The molecule has 2 aromatic heterocycles. The van der Waals surface area contributed by atoms with Crippen LogP contribution in [0.25, 0.3) is 11.0 Å². The number of aryl methyl sites for hydroxylation is 1. The summed E-state index contributed by atoms with van der Waals surface area (Å²) in [5, 5.41) is 11.3. The molecule has 348 valence electrons. The number of fused-ring (bicyclic) bond motifs is 1. The van der Waals surface area contributed by atoms with Gasteiger partial charge in [0.25, 0.3) is 5.91 Å². The van der Waals surface area contributed by atoms with Crippen LogP contribution in [0, 0.1) is 5.82 Å². The van der Waals surface area contributed by atoms with Gasteiger partial charge in [0.15, 0.2) is 0 Å². The first-order valence-corrected chi connectivity index (χ1v) is 24.6. The Morgan fingerprint density at radius 2 is 1.73 bits per heavy atom. The predicted molar refractivity (Wildman–Crippen MR) is 254 cm³/mol. The van der Waals surface area contributed by atoms with Gasteiger partial charge in [0.1, 0.15) is 28.9 Å². The molecule has 3 aromatic carbocycles. The van der Waals surface area contributed by atoms with E-state index in [1.54, 1.807) is 37.6 Å². The summed E-state index contributed by atoms with van der Waals surface area (Å²) in [5.74, 6) is -0.896. The number of imide groups is 1. The van der Waals surface area contributed by atoms with Gasteiger partial charge >= 0.3 is 0 Å². The summed E-state index contributed by atoms with van der Waals surface area (Å²) in [6, 6.07) is 11.9. The first kappa shape index (κ1) is 46.5. The van der Waals surface area contributed by atoms with Crippen molar-refractivity contribution in [3.63, 3.8) is 0 Å². The Morgan fingerprint density at radius 3 is 2.45 bits per heavy atom. The van der Waals surface area contributed by atoms with Crippen LogP contribution in [0.4, 0.5) is 38.9 Å². The molecule has 0 aliphatic carbocycles.